The standard InChI is InChI=1S/C16H24N4O3/c1-3-7-11-17-14-13(20(11)12-8-5-6-10-23-12)15(21)18-16(22)19(14)9-4-2/h12H,3-10H2,1-2H3,(H,18,21,22). The van der Waals surface area contributed by atoms with Gasteiger partial charge in [0.15, 0.2) is 11.2 Å². The molecule has 7 heteroatoms. The van der Waals surface area contributed by atoms with Crippen LogP contribution in [0.15, 0.2) is 9.59 Å². The first-order valence-corrected chi connectivity index (χ1v) is 8.52. The minimum Gasteiger partial charge on any atom is -0.358 e. The highest BCUT2D eigenvalue weighted by molar-refractivity contribution is 5.71. The van der Waals surface area contributed by atoms with Crippen molar-refractivity contribution in [3.8, 4) is 0 Å². The predicted octanol–water partition coefficient (Wildman–Crippen LogP) is 1.95. The number of hydrogen-bond acceptors (Lipinski definition) is 4. The molecule has 1 atom stereocenters. The Kier molecular flexibility index (Phi) is 4.66. The first kappa shape index (κ1) is 16.0. The lowest BCUT2D eigenvalue weighted by Crippen LogP contribution is -2.32. The summed E-state index contributed by atoms with van der Waals surface area (Å²) in [5.41, 5.74) is 0.189. The minimum atomic E-state index is -0.387. The van der Waals surface area contributed by atoms with Crippen molar-refractivity contribution in [2.24, 2.45) is 0 Å². The van der Waals surface area contributed by atoms with Crippen molar-refractivity contribution in [3.05, 3.63) is 26.7 Å². The van der Waals surface area contributed by atoms with Gasteiger partial charge < -0.3 is 4.74 Å². The summed E-state index contributed by atoms with van der Waals surface area (Å²) in [6.07, 6.45) is 5.31. The fourth-order valence-corrected chi connectivity index (χ4v) is 3.25. The summed E-state index contributed by atoms with van der Waals surface area (Å²) < 4.78 is 9.37. The van der Waals surface area contributed by atoms with E-state index < -0.39 is 0 Å². The monoisotopic (exact) mass is 320 g/mol. The number of aromatic amines is 1. The van der Waals surface area contributed by atoms with Crippen LogP contribution in [-0.2, 0) is 17.7 Å². The molecule has 1 aliphatic heterocycles. The Morgan fingerprint density at radius 1 is 1.26 bits per heavy atom. The maximum Gasteiger partial charge on any atom is 0.330 e. The van der Waals surface area contributed by atoms with E-state index >= 15 is 0 Å². The number of aryl methyl sites for hydroxylation is 2. The van der Waals surface area contributed by atoms with Crippen molar-refractivity contribution in [2.75, 3.05) is 6.61 Å². The number of ether oxygens (including phenoxy) is 1. The maximum absolute atomic E-state index is 12.5. The first-order valence-electron chi connectivity index (χ1n) is 8.52. The van der Waals surface area contributed by atoms with E-state index in [0.717, 1.165) is 44.3 Å². The number of nitrogens with zero attached hydrogens (tertiary/aromatic N) is 3. The topological polar surface area (TPSA) is 81.9 Å². The number of nitrogens with one attached hydrogen (secondary N) is 1. The van der Waals surface area contributed by atoms with E-state index in [4.69, 9.17) is 4.74 Å². The van der Waals surface area contributed by atoms with Gasteiger partial charge in [0, 0.05) is 19.6 Å². The normalized spacial score (nSPS) is 18.6. The van der Waals surface area contributed by atoms with Crippen LogP contribution in [-0.4, -0.2) is 25.7 Å². The molecule has 0 saturated carbocycles. The molecule has 2 aromatic heterocycles. The molecule has 1 fully saturated rings. The molecule has 3 rings (SSSR count). The third kappa shape index (κ3) is 2.85. The highest BCUT2D eigenvalue weighted by atomic mass is 16.5. The van der Waals surface area contributed by atoms with Crippen LogP contribution in [0.4, 0.5) is 0 Å². The van der Waals surface area contributed by atoms with Gasteiger partial charge in [-0.2, -0.15) is 0 Å². The molecule has 3 heterocycles. The molecule has 0 amide bonds. The van der Waals surface area contributed by atoms with Gasteiger partial charge in [-0.25, -0.2) is 9.78 Å². The number of rotatable bonds is 5. The highest BCUT2D eigenvalue weighted by Crippen LogP contribution is 2.27. The second-order valence-corrected chi connectivity index (χ2v) is 6.05. The summed E-state index contributed by atoms with van der Waals surface area (Å²) in [4.78, 5) is 31.7. The molecule has 0 spiro atoms. The van der Waals surface area contributed by atoms with E-state index in [1.807, 2.05) is 11.5 Å². The van der Waals surface area contributed by atoms with Gasteiger partial charge in [0.05, 0.1) is 0 Å². The molecular formula is C16H24N4O3. The Morgan fingerprint density at radius 3 is 2.74 bits per heavy atom. The van der Waals surface area contributed by atoms with E-state index in [1.165, 1.54) is 0 Å². The molecule has 1 N–H and O–H groups in total. The molecular weight excluding hydrogens is 296 g/mol. The summed E-state index contributed by atoms with van der Waals surface area (Å²) in [5.74, 6) is 0.829. The molecule has 126 valence electrons. The lowest BCUT2D eigenvalue weighted by atomic mass is 10.2. The van der Waals surface area contributed by atoms with Crippen LogP contribution >= 0.6 is 0 Å². The van der Waals surface area contributed by atoms with E-state index in [-0.39, 0.29) is 17.5 Å². The molecule has 1 saturated heterocycles. The number of H-pyrrole nitrogens is 1. The number of aromatic nitrogens is 4. The summed E-state index contributed by atoms with van der Waals surface area (Å²) in [6, 6.07) is 0. The summed E-state index contributed by atoms with van der Waals surface area (Å²) in [7, 11) is 0. The van der Waals surface area contributed by atoms with Crippen LogP contribution in [0.5, 0.6) is 0 Å². The van der Waals surface area contributed by atoms with Gasteiger partial charge in [0.1, 0.15) is 12.1 Å². The highest BCUT2D eigenvalue weighted by Gasteiger charge is 2.25. The Morgan fingerprint density at radius 2 is 2.09 bits per heavy atom. The van der Waals surface area contributed by atoms with Crippen LogP contribution in [0.2, 0.25) is 0 Å². The molecule has 0 radical (unpaired) electrons. The van der Waals surface area contributed by atoms with Crippen LogP contribution in [0.1, 0.15) is 58.0 Å². The maximum atomic E-state index is 12.5. The van der Waals surface area contributed by atoms with Crippen molar-refractivity contribution < 1.29 is 4.74 Å². The molecule has 2 aromatic rings. The van der Waals surface area contributed by atoms with Gasteiger partial charge in [-0.3, -0.25) is 18.9 Å². The summed E-state index contributed by atoms with van der Waals surface area (Å²) >= 11 is 0. The molecule has 23 heavy (non-hydrogen) atoms. The van der Waals surface area contributed by atoms with Crippen LogP contribution in [0, 0.1) is 0 Å². The van der Waals surface area contributed by atoms with E-state index in [9.17, 15) is 9.59 Å². The van der Waals surface area contributed by atoms with Crippen molar-refractivity contribution in [3.63, 3.8) is 0 Å². The van der Waals surface area contributed by atoms with Crippen LogP contribution < -0.4 is 11.2 Å². The smallest absolute Gasteiger partial charge is 0.330 e. The largest absolute Gasteiger partial charge is 0.358 e. The molecule has 0 aliphatic carbocycles. The second-order valence-electron chi connectivity index (χ2n) is 6.05. The number of hydrogen-bond donors (Lipinski definition) is 1. The summed E-state index contributed by atoms with van der Waals surface area (Å²) in [6.45, 7) is 5.31. The number of fused-ring (bicyclic) bond motifs is 1. The zero-order valence-corrected chi connectivity index (χ0v) is 13.8. The van der Waals surface area contributed by atoms with Gasteiger partial charge in [-0.1, -0.05) is 13.8 Å². The Labute approximate surface area is 134 Å². The van der Waals surface area contributed by atoms with Gasteiger partial charge >= 0.3 is 5.69 Å². The average Bonchev–Trinajstić information content (AvgIpc) is 2.92. The fourth-order valence-electron chi connectivity index (χ4n) is 3.25. The molecule has 1 unspecified atom stereocenters. The molecule has 0 bridgehead atoms. The molecule has 1 aliphatic rings. The number of imidazole rings is 1. The van der Waals surface area contributed by atoms with Crippen molar-refractivity contribution in [2.45, 2.75) is 65.1 Å². The van der Waals surface area contributed by atoms with E-state index in [0.29, 0.717) is 24.3 Å². The van der Waals surface area contributed by atoms with Crippen molar-refractivity contribution in [1.82, 2.24) is 19.1 Å². The third-order valence-electron chi connectivity index (χ3n) is 4.27. The Bertz CT molecular complexity index is 796. The minimum absolute atomic E-state index is 0.163. The lowest BCUT2D eigenvalue weighted by molar-refractivity contribution is -0.0311. The quantitative estimate of drug-likeness (QED) is 0.913. The SMILES string of the molecule is CCCc1nc2c(c(=O)[nH]c(=O)n2CCC)n1C1CCCCO1. The van der Waals surface area contributed by atoms with Gasteiger partial charge in [-0.15, -0.1) is 0 Å². The van der Waals surface area contributed by atoms with E-state index in [1.54, 1.807) is 4.57 Å². The van der Waals surface area contributed by atoms with Gasteiger partial charge in [0.25, 0.3) is 5.56 Å². The Balaban J connectivity index is 2.27. The third-order valence-corrected chi connectivity index (χ3v) is 4.27. The molecule has 0 aromatic carbocycles. The fraction of sp³-hybridized carbons (Fsp3) is 0.688. The van der Waals surface area contributed by atoms with Crippen molar-refractivity contribution >= 4 is 11.2 Å². The zero-order chi connectivity index (χ0) is 16.4. The van der Waals surface area contributed by atoms with Crippen LogP contribution in [0.3, 0.4) is 0 Å². The second kappa shape index (κ2) is 6.70. The van der Waals surface area contributed by atoms with Gasteiger partial charge in [0.2, 0.25) is 0 Å². The molecule has 7 nitrogen and oxygen atoms in total. The van der Waals surface area contributed by atoms with Crippen LogP contribution in [0.25, 0.3) is 11.2 Å². The Hall–Kier alpha value is -1.89. The zero-order valence-electron chi connectivity index (χ0n) is 13.8. The van der Waals surface area contributed by atoms with E-state index in [2.05, 4.69) is 16.9 Å². The lowest BCUT2D eigenvalue weighted by Gasteiger charge is -2.25. The van der Waals surface area contributed by atoms with Gasteiger partial charge in [-0.05, 0) is 32.1 Å². The van der Waals surface area contributed by atoms with Crippen molar-refractivity contribution in [1.29, 1.82) is 0 Å². The summed E-state index contributed by atoms with van der Waals surface area (Å²) in [5, 5.41) is 0. The first-order chi connectivity index (χ1) is 11.2. The predicted molar refractivity (Wildman–Crippen MR) is 87.7 cm³/mol. The average molecular weight is 320 g/mol.